The van der Waals surface area contributed by atoms with Crippen LogP contribution in [0.2, 0.25) is 0 Å². The Labute approximate surface area is 139 Å². The van der Waals surface area contributed by atoms with E-state index in [-0.39, 0.29) is 11.8 Å². The number of hydrogen-bond acceptors (Lipinski definition) is 3. The van der Waals surface area contributed by atoms with Crippen LogP contribution in [0.15, 0.2) is 24.3 Å². The monoisotopic (exact) mass is 401 g/mol. The molecule has 0 aliphatic carbocycles. The van der Waals surface area contributed by atoms with Crippen molar-refractivity contribution in [2.45, 2.75) is 39.2 Å². The quantitative estimate of drug-likeness (QED) is 0.712. The van der Waals surface area contributed by atoms with Gasteiger partial charge < -0.3 is 4.74 Å². The number of rotatable bonds is 2. The van der Waals surface area contributed by atoms with Gasteiger partial charge in [0, 0.05) is 16.0 Å². The molecule has 114 valence electrons. The molecule has 21 heavy (non-hydrogen) atoms. The van der Waals surface area contributed by atoms with Crippen LogP contribution in [-0.4, -0.2) is 29.0 Å². The van der Waals surface area contributed by atoms with Crippen LogP contribution < -0.4 is 0 Å². The number of likely N-dealkylation sites (tertiary alicyclic amines) is 1. The molecular formula is C16H20INO3. The Balaban J connectivity index is 1.98. The fourth-order valence-corrected chi connectivity index (χ4v) is 2.69. The van der Waals surface area contributed by atoms with E-state index in [1.54, 1.807) is 20.8 Å². The molecule has 0 N–H and O–H groups in total. The van der Waals surface area contributed by atoms with E-state index in [1.165, 1.54) is 8.47 Å². The molecular weight excluding hydrogens is 381 g/mol. The van der Waals surface area contributed by atoms with E-state index in [0.717, 1.165) is 5.56 Å². The van der Waals surface area contributed by atoms with E-state index >= 15 is 0 Å². The summed E-state index contributed by atoms with van der Waals surface area (Å²) in [4.78, 5) is 25.6. The maximum absolute atomic E-state index is 12.3. The molecule has 4 nitrogen and oxygen atoms in total. The van der Waals surface area contributed by atoms with Crippen molar-refractivity contribution in [3.8, 4) is 0 Å². The third kappa shape index (κ3) is 4.43. The van der Waals surface area contributed by atoms with Crippen molar-refractivity contribution < 1.29 is 14.3 Å². The third-order valence-electron chi connectivity index (χ3n) is 3.33. The molecule has 1 heterocycles. The molecule has 0 spiro atoms. The smallest absolute Gasteiger partial charge is 0.417 e. The van der Waals surface area contributed by atoms with Gasteiger partial charge in [0.2, 0.25) is 5.91 Å². The lowest BCUT2D eigenvalue weighted by Crippen LogP contribution is -2.38. The lowest BCUT2D eigenvalue weighted by atomic mass is 9.98. The first-order chi connectivity index (χ1) is 9.76. The molecule has 2 amide bonds. The summed E-state index contributed by atoms with van der Waals surface area (Å²) in [5, 5.41) is 0. The highest BCUT2D eigenvalue weighted by molar-refractivity contribution is 14.1. The summed E-state index contributed by atoms with van der Waals surface area (Å²) in [5.74, 6) is -0.250. The number of carbonyl (C=O) groups excluding carboxylic acids is 2. The predicted octanol–water partition coefficient (Wildman–Crippen LogP) is 3.62. The molecule has 0 aromatic heterocycles. The predicted molar refractivity (Wildman–Crippen MR) is 88.9 cm³/mol. The Morgan fingerprint density at radius 1 is 1.33 bits per heavy atom. The van der Waals surface area contributed by atoms with Gasteiger partial charge in [0.15, 0.2) is 0 Å². The van der Waals surface area contributed by atoms with Gasteiger partial charge in [-0.1, -0.05) is 12.1 Å². The van der Waals surface area contributed by atoms with Gasteiger partial charge in [-0.25, -0.2) is 9.69 Å². The molecule has 1 fully saturated rings. The zero-order chi connectivity index (χ0) is 15.6. The molecule has 1 unspecified atom stereocenters. The van der Waals surface area contributed by atoms with Gasteiger partial charge >= 0.3 is 6.09 Å². The zero-order valence-corrected chi connectivity index (χ0v) is 14.7. The maximum atomic E-state index is 12.3. The number of imide groups is 1. The normalized spacial score (nSPS) is 19.0. The van der Waals surface area contributed by atoms with Crippen molar-refractivity contribution in [3.63, 3.8) is 0 Å². The summed E-state index contributed by atoms with van der Waals surface area (Å²) in [6.07, 6.45) is 0.844. The van der Waals surface area contributed by atoms with Crippen LogP contribution in [0, 0.1) is 9.49 Å². The van der Waals surface area contributed by atoms with Crippen molar-refractivity contribution in [1.29, 1.82) is 0 Å². The average molecular weight is 401 g/mol. The first kappa shape index (κ1) is 16.3. The van der Waals surface area contributed by atoms with Crippen LogP contribution in [0.3, 0.4) is 0 Å². The SMILES string of the molecule is CC(C)(C)OC(=O)N1CCC(Cc2ccc(I)cc2)C1=O. The molecule has 0 bridgehead atoms. The van der Waals surface area contributed by atoms with Crippen molar-refractivity contribution in [3.05, 3.63) is 33.4 Å². The largest absolute Gasteiger partial charge is 0.443 e. The molecule has 1 saturated heterocycles. The van der Waals surface area contributed by atoms with Gasteiger partial charge in [0.25, 0.3) is 0 Å². The first-order valence-corrected chi connectivity index (χ1v) is 8.13. The number of hydrogen-bond donors (Lipinski definition) is 0. The zero-order valence-electron chi connectivity index (χ0n) is 12.6. The Morgan fingerprint density at radius 2 is 1.95 bits per heavy atom. The molecule has 1 aliphatic rings. The lowest BCUT2D eigenvalue weighted by molar-refractivity contribution is -0.130. The van der Waals surface area contributed by atoms with Crippen LogP contribution in [0.25, 0.3) is 0 Å². The van der Waals surface area contributed by atoms with E-state index in [4.69, 9.17) is 4.74 Å². The van der Waals surface area contributed by atoms with Gasteiger partial charge in [0.1, 0.15) is 5.60 Å². The molecule has 1 atom stereocenters. The van der Waals surface area contributed by atoms with Crippen LogP contribution in [0.4, 0.5) is 4.79 Å². The van der Waals surface area contributed by atoms with Gasteiger partial charge in [-0.2, -0.15) is 0 Å². The van der Waals surface area contributed by atoms with E-state index in [9.17, 15) is 9.59 Å². The minimum absolute atomic E-state index is 0.122. The molecule has 1 aromatic carbocycles. The van der Waals surface area contributed by atoms with Gasteiger partial charge in [0.05, 0.1) is 0 Å². The van der Waals surface area contributed by atoms with E-state index in [0.29, 0.717) is 19.4 Å². The highest BCUT2D eigenvalue weighted by Crippen LogP contribution is 2.24. The second-order valence-electron chi connectivity index (χ2n) is 6.29. The van der Waals surface area contributed by atoms with E-state index in [1.807, 2.05) is 24.3 Å². The number of halogens is 1. The Bertz CT molecular complexity index is 533. The molecule has 1 aliphatic heterocycles. The second kappa shape index (κ2) is 6.34. The van der Waals surface area contributed by atoms with Crippen LogP contribution >= 0.6 is 22.6 Å². The number of amides is 2. The number of nitrogens with zero attached hydrogens (tertiary/aromatic N) is 1. The van der Waals surface area contributed by atoms with Crippen molar-refractivity contribution >= 4 is 34.6 Å². The van der Waals surface area contributed by atoms with Crippen LogP contribution in [0.5, 0.6) is 0 Å². The molecule has 2 rings (SSSR count). The third-order valence-corrected chi connectivity index (χ3v) is 4.04. The fraction of sp³-hybridized carbons (Fsp3) is 0.500. The highest BCUT2D eigenvalue weighted by Gasteiger charge is 2.37. The molecule has 1 aromatic rings. The number of benzene rings is 1. The Morgan fingerprint density at radius 3 is 2.52 bits per heavy atom. The van der Waals surface area contributed by atoms with Crippen molar-refractivity contribution in [1.82, 2.24) is 4.90 Å². The molecule has 0 saturated carbocycles. The molecule has 5 heteroatoms. The summed E-state index contributed by atoms with van der Waals surface area (Å²) in [5.41, 5.74) is 0.547. The summed E-state index contributed by atoms with van der Waals surface area (Å²) >= 11 is 2.25. The maximum Gasteiger partial charge on any atom is 0.417 e. The summed E-state index contributed by atoms with van der Waals surface area (Å²) < 4.78 is 6.44. The number of ether oxygens (including phenoxy) is 1. The van der Waals surface area contributed by atoms with Gasteiger partial charge in [-0.15, -0.1) is 0 Å². The van der Waals surface area contributed by atoms with Crippen LogP contribution in [0.1, 0.15) is 32.8 Å². The minimum atomic E-state index is -0.578. The topological polar surface area (TPSA) is 46.6 Å². The molecule has 0 radical (unpaired) electrons. The van der Waals surface area contributed by atoms with Crippen molar-refractivity contribution in [2.75, 3.05) is 6.54 Å². The summed E-state index contributed by atoms with van der Waals surface area (Å²) in [6.45, 7) is 5.85. The Kier molecular flexibility index (Phi) is 4.91. The minimum Gasteiger partial charge on any atom is -0.443 e. The summed E-state index contributed by atoms with van der Waals surface area (Å²) in [7, 11) is 0. The van der Waals surface area contributed by atoms with Crippen molar-refractivity contribution in [2.24, 2.45) is 5.92 Å². The van der Waals surface area contributed by atoms with Gasteiger partial charge in [-0.05, 0) is 73.9 Å². The number of carbonyl (C=O) groups is 2. The Hall–Kier alpha value is -1.11. The standard InChI is InChI=1S/C16H20INO3/c1-16(2,3)21-15(20)18-9-8-12(14(18)19)10-11-4-6-13(17)7-5-11/h4-7,12H,8-10H2,1-3H3. The fourth-order valence-electron chi connectivity index (χ4n) is 2.33. The first-order valence-electron chi connectivity index (χ1n) is 7.05. The average Bonchev–Trinajstić information content (AvgIpc) is 2.72. The summed E-state index contributed by atoms with van der Waals surface area (Å²) in [6, 6.07) is 8.12. The van der Waals surface area contributed by atoms with E-state index in [2.05, 4.69) is 22.6 Å². The highest BCUT2D eigenvalue weighted by atomic mass is 127. The van der Waals surface area contributed by atoms with Crippen LogP contribution in [-0.2, 0) is 16.0 Å². The van der Waals surface area contributed by atoms with E-state index < -0.39 is 11.7 Å². The second-order valence-corrected chi connectivity index (χ2v) is 7.53. The lowest BCUT2D eigenvalue weighted by Gasteiger charge is -2.23. The van der Waals surface area contributed by atoms with Gasteiger partial charge in [-0.3, -0.25) is 4.79 Å².